The lowest BCUT2D eigenvalue weighted by Crippen LogP contribution is -2.19. The summed E-state index contributed by atoms with van der Waals surface area (Å²) in [6.45, 7) is 1.48. The first-order valence-electron chi connectivity index (χ1n) is 9.83. The maximum atomic E-state index is 12.9. The van der Waals surface area contributed by atoms with Gasteiger partial charge in [0.25, 0.3) is 0 Å². The third-order valence-corrected chi connectivity index (χ3v) is 4.82. The second-order valence-corrected chi connectivity index (χ2v) is 7.19. The molecule has 1 aromatic heterocycles. The Labute approximate surface area is 192 Å². The largest absolute Gasteiger partial charge is 0.462 e. The molecule has 0 amide bonds. The minimum atomic E-state index is -4.58. The van der Waals surface area contributed by atoms with Crippen LogP contribution in [0.4, 0.5) is 30.6 Å². The summed E-state index contributed by atoms with van der Waals surface area (Å²) < 4.78 is 43.9. The van der Waals surface area contributed by atoms with Crippen molar-refractivity contribution in [2.75, 3.05) is 23.8 Å². The number of aromatic nitrogens is 2. The Hall–Kier alpha value is -3.37. The number of aliphatic hydroxyl groups excluding tert-OH is 1. The molecule has 0 aliphatic rings. The van der Waals surface area contributed by atoms with Crippen molar-refractivity contribution in [1.29, 1.82) is 0 Å². The van der Waals surface area contributed by atoms with Crippen LogP contribution >= 0.6 is 11.6 Å². The predicted molar refractivity (Wildman–Crippen MR) is 118 cm³/mol. The zero-order valence-electron chi connectivity index (χ0n) is 17.4. The fraction of sp³-hybridized carbons (Fsp3) is 0.227. The van der Waals surface area contributed by atoms with E-state index >= 15 is 0 Å². The molecule has 174 valence electrons. The van der Waals surface area contributed by atoms with Gasteiger partial charge in [0.15, 0.2) is 0 Å². The van der Waals surface area contributed by atoms with Gasteiger partial charge in [0.05, 0.1) is 29.8 Å². The number of anilines is 3. The summed E-state index contributed by atoms with van der Waals surface area (Å²) in [5.74, 6) is -0.605. The highest BCUT2D eigenvalue weighted by molar-refractivity contribution is 6.31. The van der Waals surface area contributed by atoms with Crippen LogP contribution in [0, 0.1) is 0 Å². The van der Waals surface area contributed by atoms with Gasteiger partial charge in [-0.3, -0.25) is 0 Å². The van der Waals surface area contributed by atoms with E-state index in [4.69, 9.17) is 16.3 Å². The molecule has 0 fully saturated rings. The molecule has 2 aromatic carbocycles. The van der Waals surface area contributed by atoms with Crippen molar-refractivity contribution in [1.82, 2.24) is 9.97 Å². The van der Waals surface area contributed by atoms with Crippen LogP contribution in [0.1, 0.15) is 34.5 Å². The van der Waals surface area contributed by atoms with Crippen LogP contribution in [0.2, 0.25) is 5.02 Å². The highest BCUT2D eigenvalue weighted by atomic mass is 35.5. The molecule has 3 rings (SSSR count). The fourth-order valence-corrected chi connectivity index (χ4v) is 3.23. The summed E-state index contributed by atoms with van der Waals surface area (Å²) in [7, 11) is 0. The van der Waals surface area contributed by atoms with Crippen LogP contribution in [-0.2, 0) is 10.9 Å². The van der Waals surface area contributed by atoms with Crippen LogP contribution in [0.5, 0.6) is 0 Å². The Morgan fingerprint density at radius 3 is 2.55 bits per heavy atom. The van der Waals surface area contributed by atoms with E-state index < -0.39 is 28.8 Å². The molecule has 3 N–H and O–H groups in total. The van der Waals surface area contributed by atoms with Crippen LogP contribution in [0.25, 0.3) is 0 Å². The molecule has 33 heavy (non-hydrogen) atoms. The minimum Gasteiger partial charge on any atom is -0.462 e. The lowest BCUT2D eigenvalue weighted by molar-refractivity contribution is -0.137. The molecule has 1 heterocycles. The van der Waals surface area contributed by atoms with Crippen molar-refractivity contribution in [3.63, 3.8) is 0 Å². The molecule has 0 saturated carbocycles. The number of carbonyl (C=O) groups excluding carboxylic acids is 1. The highest BCUT2D eigenvalue weighted by Crippen LogP contribution is 2.36. The van der Waals surface area contributed by atoms with E-state index in [9.17, 15) is 23.1 Å². The van der Waals surface area contributed by atoms with Gasteiger partial charge < -0.3 is 20.5 Å². The number of benzene rings is 2. The quantitative estimate of drug-likeness (QED) is 0.380. The van der Waals surface area contributed by atoms with Crippen molar-refractivity contribution in [2.24, 2.45) is 0 Å². The second-order valence-electron chi connectivity index (χ2n) is 6.78. The molecule has 11 heteroatoms. The smallest absolute Gasteiger partial charge is 0.417 e. The number of esters is 1. The van der Waals surface area contributed by atoms with Crippen molar-refractivity contribution in [3.05, 3.63) is 76.4 Å². The second kappa shape index (κ2) is 10.5. The molecule has 0 saturated heterocycles. The van der Waals surface area contributed by atoms with Gasteiger partial charge in [-0.05, 0) is 30.7 Å². The average Bonchev–Trinajstić information content (AvgIpc) is 2.77. The van der Waals surface area contributed by atoms with Crippen molar-refractivity contribution < 1.29 is 27.8 Å². The van der Waals surface area contributed by atoms with E-state index in [1.807, 2.05) is 6.07 Å². The van der Waals surface area contributed by atoms with Gasteiger partial charge in [-0.2, -0.15) is 18.2 Å². The molecule has 0 aliphatic heterocycles. The predicted octanol–water partition coefficient (Wildman–Crippen LogP) is 5.21. The van der Waals surface area contributed by atoms with E-state index in [1.165, 1.54) is 12.3 Å². The Morgan fingerprint density at radius 1 is 1.21 bits per heavy atom. The topological polar surface area (TPSA) is 96.4 Å². The van der Waals surface area contributed by atoms with Gasteiger partial charge >= 0.3 is 12.1 Å². The molecule has 0 spiro atoms. The van der Waals surface area contributed by atoms with Gasteiger partial charge in [-0.1, -0.05) is 41.9 Å². The fourth-order valence-electron chi connectivity index (χ4n) is 2.95. The summed E-state index contributed by atoms with van der Waals surface area (Å²) >= 11 is 5.77. The van der Waals surface area contributed by atoms with Gasteiger partial charge in [0.2, 0.25) is 5.95 Å². The summed E-state index contributed by atoms with van der Waals surface area (Å²) in [4.78, 5) is 20.7. The highest BCUT2D eigenvalue weighted by Gasteiger charge is 2.33. The standard InChI is InChI=1S/C22H20ClF3N4O3/c1-2-33-20(32)15-11-27-21(28-14-8-9-16(17(23)10-14)22(24,25)26)30-19(15)29-18(12-31)13-6-4-3-5-7-13/h3-11,18,31H,2,12H2,1H3,(H2,27,28,29,30)/t18-/m1/s1. The average molecular weight is 481 g/mol. The molecule has 3 aromatic rings. The van der Waals surface area contributed by atoms with E-state index in [-0.39, 0.29) is 36.2 Å². The normalized spacial score (nSPS) is 12.2. The van der Waals surface area contributed by atoms with Crippen LogP contribution in [0.15, 0.2) is 54.7 Å². The van der Waals surface area contributed by atoms with Gasteiger partial charge in [-0.25, -0.2) is 9.78 Å². The summed E-state index contributed by atoms with van der Waals surface area (Å²) in [6, 6.07) is 11.5. The zero-order valence-corrected chi connectivity index (χ0v) is 18.1. The molecule has 0 unspecified atom stereocenters. The Bertz CT molecular complexity index is 1110. The summed E-state index contributed by atoms with van der Waals surface area (Å²) in [6.07, 6.45) is -3.36. The molecule has 0 bridgehead atoms. The molecule has 0 aliphatic carbocycles. The number of alkyl halides is 3. The Kier molecular flexibility index (Phi) is 7.72. The van der Waals surface area contributed by atoms with Crippen molar-refractivity contribution >= 4 is 35.0 Å². The van der Waals surface area contributed by atoms with E-state index in [1.54, 1.807) is 31.2 Å². The third-order valence-electron chi connectivity index (χ3n) is 4.51. The number of rotatable bonds is 8. The zero-order chi connectivity index (χ0) is 24.0. The van der Waals surface area contributed by atoms with Gasteiger partial charge in [-0.15, -0.1) is 0 Å². The molecule has 7 nitrogen and oxygen atoms in total. The molecular formula is C22H20ClF3N4O3. The first-order chi connectivity index (χ1) is 15.7. The van der Waals surface area contributed by atoms with Gasteiger partial charge in [0, 0.05) is 11.9 Å². The summed E-state index contributed by atoms with van der Waals surface area (Å²) in [5.41, 5.74) is 0.0218. The number of ether oxygens (including phenoxy) is 1. The van der Waals surface area contributed by atoms with Crippen LogP contribution in [0.3, 0.4) is 0 Å². The first kappa shape index (κ1) is 24.3. The van der Waals surface area contributed by atoms with Crippen LogP contribution in [-0.4, -0.2) is 34.3 Å². The minimum absolute atomic E-state index is 0.00822. The van der Waals surface area contributed by atoms with Crippen LogP contribution < -0.4 is 10.6 Å². The lowest BCUT2D eigenvalue weighted by Gasteiger charge is -2.19. The lowest BCUT2D eigenvalue weighted by atomic mass is 10.1. The number of hydrogen-bond acceptors (Lipinski definition) is 7. The van der Waals surface area contributed by atoms with Gasteiger partial charge in [0.1, 0.15) is 11.4 Å². The molecule has 0 radical (unpaired) electrons. The monoisotopic (exact) mass is 480 g/mol. The van der Waals surface area contributed by atoms with E-state index in [0.29, 0.717) is 0 Å². The number of hydrogen-bond donors (Lipinski definition) is 3. The number of nitrogens with zero attached hydrogens (tertiary/aromatic N) is 2. The number of carbonyl (C=O) groups is 1. The Morgan fingerprint density at radius 2 is 1.94 bits per heavy atom. The Balaban J connectivity index is 1.93. The summed E-state index contributed by atoms with van der Waals surface area (Å²) in [5, 5.41) is 15.1. The first-order valence-corrected chi connectivity index (χ1v) is 10.2. The number of halogens is 4. The van der Waals surface area contributed by atoms with Crippen molar-refractivity contribution in [2.45, 2.75) is 19.1 Å². The van der Waals surface area contributed by atoms with E-state index in [0.717, 1.165) is 17.7 Å². The number of nitrogens with one attached hydrogen (secondary N) is 2. The molecular weight excluding hydrogens is 461 g/mol. The maximum absolute atomic E-state index is 12.9. The van der Waals surface area contributed by atoms with E-state index in [2.05, 4.69) is 20.6 Å². The third kappa shape index (κ3) is 6.11. The number of aliphatic hydroxyl groups is 1. The van der Waals surface area contributed by atoms with Crippen molar-refractivity contribution in [3.8, 4) is 0 Å². The maximum Gasteiger partial charge on any atom is 0.417 e. The molecule has 1 atom stereocenters. The SMILES string of the molecule is CCOC(=O)c1cnc(Nc2ccc(C(F)(F)F)c(Cl)c2)nc1N[C@H](CO)c1ccccc1.